The second-order valence-electron chi connectivity index (χ2n) is 7.84. The Hall–Kier alpha value is 1.59. The summed E-state index contributed by atoms with van der Waals surface area (Å²) in [5.74, 6) is 0. The molecule has 28 heavy (non-hydrogen) atoms. The summed E-state index contributed by atoms with van der Waals surface area (Å²) >= 11 is 0. The third-order valence-corrected chi connectivity index (χ3v) is 44.5. The SMILES string of the molecule is C[SiH]1O[SiH](C)O[Si](C)(O[Si](C)(C)[Si]2(C)O[SiH](C)O[SiH](C)O[SiH](C)O2)O[SiH](C)O1. The maximum absolute atomic E-state index is 6.75. The minimum absolute atomic E-state index is 1.67. The second kappa shape index (κ2) is 10.0. The van der Waals surface area contributed by atoms with E-state index in [1.165, 1.54) is 0 Å². The van der Waals surface area contributed by atoms with Crippen LogP contribution in [0.4, 0.5) is 0 Å². The predicted molar refractivity (Wildman–Crippen MR) is 129 cm³/mol. The molecule has 0 saturated carbocycles. The van der Waals surface area contributed by atoms with E-state index in [2.05, 4.69) is 19.6 Å². The molecule has 2 saturated heterocycles. The van der Waals surface area contributed by atoms with Gasteiger partial charge in [0.05, 0.1) is 0 Å². The zero-order valence-electron chi connectivity index (χ0n) is 18.6. The number of hydrogen-bond donors (Lipinski definition) is 0. The highest BCUT2D eigenvalue weighted by Gasteiger charge is 2.59. The molecule has 0 aromatic rings. The van der Waals surface area contributed by atoms with Crippen LogP contribution in [-0.2, 0) is 37.0 Å². The van der Waals surface area contributed by atoms with Gasteiger partial charge in [0, 0.05) is 6.55 Å². The fraction of sp³-hybridized carbons (Fsp3) is 1.00. The molecule has 2 rings (SSSR count). The molecule has 0 bridgehead atoms. The van der Waals surface area contributed by atoms with Gasteiger partial charge in [0.1, 0.15) is 0 Å². The Labute approximate surface area is 182 Å². The molecule has 0 spiro atoms. The summed E-state index contributed by atoms with van der Waals surface area (Å²) in [5, 5.41) is 0. The second-order valence-corrected chi connectivity index (χ2v) is 36.6. The number of rotatable bonds is 3. The van der Waals surface area contributed by atoms with Gasteiger partial charge in [-0.25, -0.2) is 0 Å². The van der Waals surface area contributed by atoms with Crippen LogP contribution in [0, 0.1) is 0 Å². The smallest absolute Gasteiger partial charge is 0.420 e. The molecule has 0 amide bonds. The molecule has 0 radical (unpaired) electrons. The lowest BCUT2D eigenvalue weighted by atomic mass is 11.9. The molecular weight excluding hydrogens is 517 g/mol. The van der Waals surface area contributed by atoms with Gasteiger partial charge in [0.15, 0.2) is 0 Å². The fourth-order valence-electron chi connectivity index (χ4n) is 3.43. The maximum Gasteiger partial charge on any atom is 0.468 e. The van der Waals surface area contributed by atoms with Crippen molar-refractivity contribution >= 4 is 80.4 Å². The Kier molecular flexibility index (Phi) is 9.26. The summed E-state index contributed by atoms with van der Waals surface area (Å²) in [6, 6.07) is 0. The fourth-order valence-corrected chi connectivity index (χ4v) is 47.4. The van der Waals surface area contributed by atoms with Gasteiger partial charge in [-0.05, 0) is 58.9 Å². The van der Waals surface area contributed by atoms with Crippen LogP contribution >= 0.6 is 0 Å². The van der Waals surface area contributed by atoms with Crippen LogP contribution in [0.15, 0.2) is 0 Å². The van der Waals surface area contributed by atoms with Gasteiger partial charge in [-0.15, -0.1) is 0 Å². The van der Waals surface area contributed by atoms with E-state index in [0.717, 1.165) is 0 Å². The highest BCUT2D eigenvalue weighted by atomic mass is 29.3. The Bertz CT molecular complexity index is 503. The molecule has 0 N–H and O–H groups in total. The molecule has 18 heteroatoms. The molecule has 0 aromatic carbocycles. The maximum atomic E-state index is 6.75. The number of hydrogen-bond acceptors (Lipinski definition) is 9. The van der Waals surface area contributed by atoms with Crippen LogP contribution in [0.2, 0.25) is 65.5 Å². The van der Waals surface area contributed by atoms with Crippen molar-refractivity contribution in [2.75, 3.05) is 0 Å². The van der Waals surface area contributed by atoms with E-state index >= 15 is 0 Å². The molecular formula is C10H36O9Si9. The van der Waals surface area contributed by atoms with Crippen molar-refractivity contribution in [3.63, 3.8) is 0 Å². The van der Waals surface area contributed by atoms with Crippen molar-refractivity contribution in [2.45, 2.75) is 65.5 Å². The molecule has 9 nitrogen and oxygen atoms in total. The van der Waals surface area contributed by atoms with Crippen LogP contribution in [0.25, 0.3) is 0 Å². The van der Waals surface area contributed by atoms with Gasteiger partial charge in [0.2, 0.25) is 7.83 Å². The van der Waals surface area contributed by atoms with Crippen molar-refractivity contribution in [1.82, 2.24) is 0 Å². The Morgan fingerprint density at radius 2 is 0.893 bits per heavy atom. The third kappa shape index (κ3) is 7.05. The molecule has 4 unspecified atom stereocenters. The van der Waals surface area contributed by atoms with E-state index < -0.39 is 80.4 Å². The highest BCUT2D eigenvalue weighted by Crippen LogP contribution is 2.31. The molecule has 4 atom stereocenters. The lowest BCUT2D eigenvalue weighted by Gasteiger charge is -2.47. The zero-order chi connectivity index (χ0) is 21.3. The van der Waals surface area contributed by atoms with Crippen molar-refractivity contribution in [3.8, 4) is 0 Å². The molecule has 2 fully saturated rings. The van der Waals surface area contributed by atoms with Gasteiger partial charge in [-0.3, -0.25) is 0 Å². The topological polar surface area (TPSA) is 83.1 Å². The molecule has 2 aliphatic heterocycles. The summed E-state index contributed by atoms with van der Waals surface area (Å²) < 4.78 is 56.6. The predicted octanol–water partition coefficient (Wildman–Crippen LogP) is 0.189. The zero-order valence-corrected chi connectivity index (χ0v) is 28.6. The van der Waals surface area contributed by atoms with E-state index in [1.807, 2.05) is 45.8 Å². The Morgan fingerprint density at radius 1 is 0.571 bits per heavy atom. The normalized spacial score (nSPS) is 46.9. The highest BCUT2D eigenvalue weighted by molar-refractivity contribution is 7.36. The summed E-state index contributed by atoms with van der Waals surface area (Å²) in [5.41, 5.74) is 0. The standard InChI is InChI=1S/C10H36O9Si9/c1-20-11-22(3)15-27(9,16-23(4)12-20)19-26(7,8)28(10)17-24(5)13-21(2)14-25(6)18-28/h20-25H,1-10H3. The van der Waals surface area contributed by atoms with Gasteiger partial charge in [-0.2, -0.15) is 0 Å². The van der Waals surface area contributed by atoms with Gasteiger partial charge < -0.3 is 37.0 Å². The van der Waals surface area contributed by atoms with E-state index in [0.29, 0.717) is 0 Å². The van der Waals surface area contributed by atoms with Gasteiger partial charge in [0.25, 0.3) is 37.1 Å². The summed E-state index contributed by atoms with van der Waals surface area (Å²) in [7, 11) is -18.9. The van der Waals surface area contributed by atoms with Crippen molar-refractivity contribution in [1.29, 1.82) is 0 Å². The summed E-state index contributed by atoms with van der Waals surface area (Å²) in [6.07, 6.45) is 0. The minimum Gasteiger partial charge on any atom is -0.420 e. The summed E-state index contributed by atoms with van der Waals surface area (Å²) in [4.78, 5) is 0. The largest absolute Gasteiger partial charge is 0.468 e. The first-order chi connectivity index (χ1) is 12.7. The van der Waals surface area contributed by atoms with Crippen molar-refractivity contribution in [3.05, 3.63) is 0 Å². The summed E-state index contributed by atoms with van der Waals surface area (Å²) in [6.45, 7) is 20.5. The first-order valence-corrected chi connectivity index (χ1v) is 30.8. The van der Waals surface area contributed by atoms with Gasteiger partial charge >= 0.3 is 35.5 Å². The quantitative estimate of drug-likeness (QED) is 0.456. The molecule has 2 aliphatic rings. The van der Waals surface area contributed by atoms with Crippen molar-refractivity contribution in [2.24, 2.45) is 0 Å². The average molecular weight is 553 g/mol. The molecule has 0 aliphatic carbocycles. The average Bonchev–Trinajstić information content (AvgIpc) is 2.40. The Balaban J connectivity index is 2.22. The van der Waals surface area contributed by atoms with E-state index in [1.54, 1.807) is 0 Å². The first kappa shape index (κ1) is 25.8. The van der Waals surface area contributed by atoms with Crippen LogP contribution < -0.4 is 0 Å². The molecule has 2 heterocycles. The monoisotopic (exact) mass is 552 g/mol. The van der Waals surface area contributed by atoms with E-state index in [-0.39, 0.29) is 0 Å². The van der Waals surface area contributed by atoms with Crippen molar-refractivity contribution < 1.29 is 37.0 Å². The lowest BCUT2D eigenvalue weighted by molar-refractivity contribution is 0.207. The van der Waals surface area contributed by atoms with Crippen LogP contribution in [0.3, 0.4) is 0 Å². The van der Waals surface area contributed by atoms with E-state index in [4.69, 9.17) is 37.0 Å². The van der Waals surface area contributed by atoms with Crippen LogP contribution in [-0.4, -0.2) is 80.4 Å². The minimum atomic E-state index is -2.94. The lowest BCUT2D eigenvalue weighted by Crippen LogP contribution is -2.72. The molecule has 0 aromatic heterocycles. The van der Waals surface area contributed by atoms with Crippen LogP contribution in [0.5, 0.6) is 0 Å². The van der Waals surface area contributed by atoms with E-state index in [9.17, 15) is 0 Å². The third-order valence-electron chi connectivity index (χ3n) is 4.61. The Morgan fingerprint density at radius 3 is 1.25 bits per heavy atom. The molecule has 166 valence electrons. The van der Waals surface area contributed by atoms with Crippen LogP contribution in [0.1, 0.15) is 0 Å². The van der Waals surface area contributed by atoms with Gasteiger partial charge in [-0.1, -0.05) is 0 Å². The first-order valence-electron chi connectivity index (χ1n) is 9.77.